The van der Waals surface area contributed by atoms with Gasteiger partial charge in [-0.15, -0.1) is 11.3 Å². The van der Waals surface area contributed by atoms with E-state index in [4.69, 9.17) is 0 Å². The van der Waals surface area contributed by atoms with E-state index in [0.717, 1.165) is 10.7 Å². The number of allylic oxidation sites excluding steroid dienone is 5. The lowest BCUT2D eigenvalue weighted by Crippen LogP contribution is -2.41. The fraction of sp³-hybridized carbons (Fsp3) is 0.455. The number of ketones is 1. The number of rotatable bonds is 2. The van der Waals surface area contributed by atoms with Crippen molar-refractivity contribution < 1.29 is 19.5 Å². The van der Waals surface area contributed by atoms with E-state index in [9.17, 15) is 19.5 Å². The molecule has 162 valence electrons. The summed E-state index contributed by atoms with van der Waals surface area (Å²) in [5.41, 5.74) is 0.738. The number of nitrogens with zero attached hydrogens (tertiary/aromatic N) is 1. The maximum atomic E-state index is 12.7. The molecule has 0 radical (unpaired) electrons. The van der Waals surface area contributed by atoms with Gasteiger partial charge in [0.05, 0.1) is 17.7 Å². The molecule has 0 aliphatic carbocycles. The van der Waals surface area contributed by atoms with E-state index < -0.39 is 16.6 Å². The van der Waals surface area contributed by atoms with Gasteiger partial charge in [0, 0.05) is 16.5 Å². The van der Waals surface area contributed by atoms with Crippen molar-refractivity contribution in [1.82, 2.24) is 10.3 Å². The number of aliphatic carboxylic acids is 1. The van der Waals surface area contributed by atoms with Crippen molar-refractivity contribution in [1.29, 1.82) is 0 Å². The minimum absolute atomic E-state index is 0.0237. The topological polar surface area (TPSA) is 96.4 Å². The number of carbonyl (C=O) groups is 3. The average Bonchev–Trinajstić information content (AvgIpc) is 3.15. The van der Waals surface area contributed by atoms with Crippen LogP contribution in [0.15, 0.2) is 35.8 Å². The molecule has 1 aliphatic rings. The molecule has 8 heteroatoms. The summed E-state index contributed by atoms with van der Waals surface area (Å²) in [7, 11) is 0. The van der Waals surface area contributed by atoms with Gasteiger partial charge in [0.2, 0.25) is 5.91 Å². The lowest BCUT2D eigenvalue weighted by Gasteiger charge is -2.33. The molecule has 0 saturated heterocycles. The molecule has 1 aliphatic heterocycles. The number of carboxylic acid groups (broad SMARTS) is 1. The number of amides is 1. The van der Waals surface area contributed by atoms with Gasteiger partial charge in [-0.25, -0.2) is 4.98 Å². The number of hydrogen-bond acceptors (Lipinski definition) is 6. The zero-order valence-corrected chi connectivity index (χ0v) is 19.1. The highest BCUT2D eigenvalue weighted by Crippen LogP contribution is 2.36. The Hall–Kier alpha value is -2.19. The summed E-state index contributed by atoms with van der Waals surface area (Å²) >= 11 is 6.09. The molecule has 1 amide bonds. The molecular formula is C22H28N2O4S2. The summed E-state index contributed by atoms with van der Waals surface area (Å²) in [4.78, 5) is 40.8. The van der Waals surface area contributed by atoms with Gasteiger partial charge in [-0.2, -0.15) is 12.6 Å². The fourth-order valence-electron chi connectivity index (χ4n) is 3.09. The van der Waals surface area contributed by atoms with Crippen LogP contribution in [0.1, 0.15) is 56.8 Å². The summed E-state index contributed by atoms with van der Waals surface area (Å²) in [6.07, 6.45) is 11.0. The van der Waals surface area contributed by atoms with E-state index in [0.29, 0.717) is 12.8 Å². The maximum Gasteiger partial charge on any atom is 0.307 e. The second-order valence-electron chi connectivity index (χ2n) is 7.74. The number of thiazole rings is 1. The summed E-state index contributed by atoms with van der Waals surface area (Å²) in [6.45, 7) is 5.37. The van der Waals surface area contributed by atoms with Gasteiger partial charge in [0.1, 0.15) is 5.01 Å². The van der Waals surface area contributed by atoms with E-state index in [1.807, 2.05) is 19.2 Å². The van der Waals surface area contributed by atoms with E-state index in [1.54, 1.807) is 31.2 Å². The SMILES string of the molecule is CC1C=CC(=O)C=CC=Cc2csc(n2)[C@@H](C)NC(=O)C[C@@](S)(C(C)C(=O)O)CC1. The van der Waals surface area contributed by atoms with Crippen LogP contribution in [-0.2, 0) is 14.4 Å². The molecule has 2 N–H and O–H groups in total. The lowest BCUT2D eigenvalue weighted by atomic mass is 9.83. The first kappa shape index (κ1) is 24.1. The first-order chi connectivity index (χ1) is 14.1. The molecule has 0 fully saturated rings. The highest BCUT2D eigenvalue weighted by Gasteiger charge is 2.39. The Morgan fingerprint density at radius 2 is 2.00 bits per heavy atom. The summed E-state index contributed by atoms with van der Waals surface area (Å²) in [5.74, 6) is -2.16. The number of carbonyl (C=O) groups excluding carboxylic acids is 2. The number of nitrogens with one attached hydrogen (secondary N) is 1. The van der Waals surface area contributed by atoms with Gasteiger partial charge in [-0.05, 0) is 43.9 Å². The first-order valence-electron chi connectivity index (χ1n) is 9.87. The smallest absolute Gasteiger partial charge is 0.307 e. The van der Waals surface area contributed by atoms with E-state index in [1.165, 1.54) is 23.5 Å². The predicted octanol–water partition coefficient (Wildman–Crippen LogP) is 4.22. The Morgan fingerprint density at radius 3 is 2.70 bits per heavy atom. The van der Waals surface area contributed by atoms with Crippen LogP contribution in [0.25, 0.3) is 6.08 Å². The third kappa shape index (κ3) is 6.95. The van der Waals surface area contributed by atoms with Crippen LogP contribution in [-0.4, -0.2) is 32.5 Å². The maximum absolute atomic E-state index is 12.7. The van der Waals surface area contributed by atoms with Crippen molar-refractivity contribution in [2.24, 2.45) is 11.8 Å². The highest BCUT2D eigenvalue weighted by molar-refractivity contribution is 7.81. The van der Waals surface area contributed by atoms with Crippen molar-refractivity contribution >= 4 is 47.7 Å². The molecule has 2 bridgehead atoms. The second-order valence-corrected chi connectivity index (χ2v) is 9.52. The van der Waals surface area contributed by atoms with Crippen LogP contribution < -0.4 is 5.32 Å². The molecule has 0 spiro atoms. The van der Waals surface area contributed by atoms with Gasteiger partial charge in [-0.1, -0.05) is 32.1 Å². The van der Waals surface area contributed by atoms with Crippen LogP contribution in [0.5, 0.6) is 0 Å². The van der Waals surface area contributed by atoms with Crippen LogP contribution in [0, 0.1) is 11.8 Å². The van der Waals surface area contributed by atoms with Crippen LogP contribution in [0.4, 0.5) is 0 Å². The third-order valence-electron chi connectivity index (χ3n) is 5.19. The molecule has 0 saturated carbocycles. The van der Waals surface area contributed by atoms with E-state index in [-0.39, 0.29) is 30.1 Å². The average molecular weight is 449 g/mol. The quantitative estimate of drug-likeness (QED) is 0.589. The van der Waals surface area contributed by atoms with Gasteiger partial charge < -0.3 is 10.4 Å². The summed E-state index contributed by atoms with van der Waals surface area (Å²) < 4.78 is -1.01. The number of hydrogen-bond donors (Lipinski definition) is 3. The predicted molar refractivity (Wildman–Crippen MR) is 123 cm³/mol. The normalized spacial score (nSPS) is 27.2. The minimum Gasteiger partial charge on any atom is -0.481 e. The summed E-state index contributed by atoms with van der Waals surface area (Å²) in [6, 6.07) is -0.305. The monoisotopic (exact) mass is 448 g/mol. The van der Waals surface area contributed by atoms with E-state index >= 15 is 0 Å². The van der Waals surface area contributed by atoms with Crippen molar-refractivity contribution in [2.45, 2.75) is 50.8 Å². The third-order valence-corrected chi connectivity index (χ3v) is 7.01. The highest BCUT2D eigenvalue weighted by atomic mass is 32.1. The van der Waals surface area contributed by atoms with Gasteiger partial charge in [-0.3, -0.25) is 14.4 Å². The molecular weight excluding hydrogens is 420 g/mol. The Bertz CT molecular complexity index is 874. The molecule has 30 heavy (non-hydrogen) atoms. The van der Waals surface area contributed by atoms with Crippen LogP contribution in [0.3, 0.4) is 0 Å². The van der Waals surface area contributed by atoms with Gasteiger partial charge in [0.15, 0.2) is 5.78 Å². The van der Waals surface area contributed by atoms with Gasteiger partial charge in [0.25, 0.3) is 0 Å². The summed E-state index contributed by atoms with van der Waals surface area (Å²) in [5, 5.41) is 15.1. The standard InChI is InChI=1S/C22H28N2O4S2/c1-14-8-9-18(25)7-5-4-6-17-13-30-20(24-17)16(3)23-19(26)12-22(29,11-10-14)15(2)21(27)28/h4-9,13-16,29H,10-12H2,1-3H3,(H,23,26)(H,27,28)/t14?,15?,16-,22-/m1/s1. The zero-order chi connectivity index (χ0) is 22.3. The van der Waals surface area contributed by atoms with Crippen molar-refractivity contribution in [2.75, 3.05) is 0 Å². The molecule has 2 rings (SSSR count). The van der Waals surface area contributed by atoms with Crippen LogP contribution in [0.2, 0.25) is 0 Å². The molecule has 1 aromatic heterocycles. The largest absolute Gasteiger partial charge is 0.481 e. The Labute approximate surface area is 186 Å². The number of fused-ring (bicyclic) bond motifs is 2. The van der Waals surface area contributed by atoms with Crippen molar-refractivity contribution in [3.8, 4) is 0 Å². The van der Waals surface area contributed by atoms with Crippen molar-refractivity contribution in [3.05, 3.63) is 46.5 Å². The van der Waals surface area contributed by atoms with Crippen molar-refractivity contribution in [3.63, 3.8) is 0 Å². The Morgan fingerprint density at radius 1 is 1.30 bits per heavy atom. The molecule has 6 nitrogen and oxygen atoms in total. The first-order valence-corrected chi connectivity index (χ1v) is 11.2. The number of aromatic nitrogens is 1. The zero-order valence-electron chi connectivity index (χ0n) is 17.4. The van der Waals surface area contributed by atoms with Crippen LogP contribution >= 0.6 is 24.0 Å². The molecule has 0 aromatic carbocycles. The molecule has 2 unspecified atom stereocenters. The number of carboxylic acids is 1. The molecule has 1 aromatic rings. The fourth-order valence-corrected chi connectivity index (χ4v) is 4.27. The minimum atomic E-state index is -1.01. The molecule has 4 atom stereocenters. The Balaban J connectivity index is 2.32. The van der Waals surface area contributed by atoms with Gasteiger partial charge >= 0.3 is 5.97 Å². The number of thiol groups is 1. The molecule has 2 heterocycles. The Kier molecular flexibility index (Phi) is 8.61. The second kappa shape index (κ2) is 10.7. The lowest BCUT2D eigenvalue weighted by molar-refractivity contribution is -0.142. The van der Waals surface area contributed by atoms with E-state index in [2.05, 4.69) is 22.9 Å².